The lowest BCUT2D eigenvalue weighted by molar-refractivity contribution is 0.0520. The third-order valence-electron chi connectivity index (χ3n) is 4.48. The van der Waals surface area contributed by atoms with Gasteiger partial charge in [0.05, 0.1) is 11.6 Å². The monoisotopic (exact) mass is 447 g/mol. The average molecular weight is 447 g/mol. The lowest BCUT2D eigenvalue weighted by Crippen LogP contribution is -2.40. The van der Waals surface area contributed by atoms with Crippen LogP contribution in [0.2, 0.25) is 0 Å². The number of likely N-dealkylation sites (tertiary alicyclic amines) is 1. The van der Waals surface area contributed by atoms with Crippen LogP contribution in [-0.2, 0) is 4.74 Å². The molecule has 29 heavy (non-hydrogen) atoms. The van der Waals surface area contributed by atoms with Crippen molar-refractivity contribution >= 4 is 40.3 Å². The first-order valence-electron chi connectivity index (χ1n) is 8.83. The number of nitrogens with zero attached hydrogens (tertiary/aromatic N) is 2. The molecule has 11 heteroatoms. The van der Waals surface area contributed by atoms with E-state index >= 15 is 0 Å². The summed E-state index contributed by atoms with van der Waals surface area (Å²) in [7, 11) is 0. The summed E-state index contributed by atoms with van der Waals surface area (Å²) in [5.74, 6) is -6.44. The number of aromatic nitrogens is 1. The van der Waals surface area contributed by atoms with Gasteiger partial charge in [-0.3, -0.25) is 0 Å². The molecule has 1 saturated heterocycles. The summed E-state index contributed by atoms with van der Waals surface area (Å²) < 4.78 is 59.2. The summed E-state index contributed by atoms with van der Waals surface area (Å²) in [4.78, 5) is 17.7. The van der Waals surface area contributed by atoms with Crippen LogP contribution in [0.1, 0.15) is 41.2 Å². The van der Waals surface area contributed by atoms with Crippen LogP contribution in [0.4, 0.5) is 23.2 Å². The predicted octanol–water partition coefficient (Wildman–Crippen LogP) is 4.45. The molecule has 156 valence electrons. The second-order valence-electron chi connectivity index (χ2n) is 6.33. The molecule has 1 aliphatic rings. The Morgan fingerprint density at radius 3 is 2.48 bits per heavy atom. The van der Waals surface area contributed by atoms with Gasteiger partial charge in [0.1, 0.15) is 5.69 Å². The zero-order chi connectivity index (χ0) is 21.1. The molecule has 1 fully saturated rings. The van der Waals surface area contributed by atoms with Crippen molar-refractivity contribution in [1.29, 1.82) is 0 Å². The first kappa shape index (κ1) is 21.4. The van der Waals surface area contributed by atoms with E-state index in [4.69, 9.17) is 17.0 Å². The van der Waals surface area contributed by atoms with Crippen LogP contribution in [0.3, 0.4) is 0 Å². The molecule has 1 aromatic heterocycles. The van der Waals surface area contributed by atoms with E-state index in [0.29, 0.717) is 25.9 Å². The van der Waals surface area contributed by atoms with Gasteiger partial charge in [0, 0.05) is 30.5 Å². The Bertz CT molecular complexity index is 904. The summed E-state index contributed by atoms with van der Waals surface area (Å²) in [6, 6.07) is 0.142. The number of thiazole rings is 1. The Morgan fingerprint density at radius 2 is 1.90 bits per heavy atom. The van der Waals surface area contributed by atoms with E-state index in [1.165, 1.54) is 11.3 Å². The van der Waals surface area contributed by atoms with Gasteiger partial charge in [-0.1, -0.05) is 0 Å². The summed E-state index contributed by atoms with van der Waals surface area (Å²) >= 11 is 6.52. The van der Waals surface area contributed by atoms with E-state index in [1.54, 1.807) is 17.2 Å². The van der Waals surface area contributed by atoms with Crippen molar-refractivity contribution in [1.82, 2.24) is 9.88 Å². The van der Waals surface area contributed by atoms with Crippen molar-refractivity contribution in [2.24, 2.45) is 0 Å². The van der Waals surface area contributed by atoms with Gasteiger partial charge in [0.2, 0.25) is 0 Å². The first-order valence-corrected chi connectivity index (χ1v) is 10.1. The fourth-order valence-electron chi connectivity index (χ4n) is 2.97. The number of hydrogen-bond donors (Lipinski definition) is 1. The predicted molar refractivity (Wildman–Crippen MR) is 104 cm³/mol. The van der Waals surface area contributed by atoms with Crippen molar-refractivity contribution in [2.75, 3.05) is 25.0 Å². The van der Waals surface area contributed by atoms with Gasteiger partial charge in [-0.15, -0.1) is 11.3 Å². The Kier molecular flexibility index (Phi) is 6.68. The minimum Gasteiger partial charge on any atom is -0.461 e. The van der Waals surface area contributed by atoms with Crippen molar-refractivity contribution in [3.8, 4) is 0 Å². The average Bonchev–Trinajstić information content (AvgIpc) is 3.20. The minimum atomic E-state index is -1.53. The number of nitrogens with one attached hydrogen (secondary N) is 1. The summed E-state index contributed by atoms with van der Waals surface area (Å²) in [5.41, 5.74) is -0.681. The topological polar surface area (TPSA) is 54.5 Å². The zero-order valence-electron chi connectivity index (χ0n) is 15.3. The molecule has 5 nitrogen and oxygen atoms in total. The van der Waals surface area contributed by atoms with Gasteiger partial charge in [0.15, 0.2) is 34.1 Å². The second-order valence-corrected chi connectivity index (χ2v) is 7.60. The van der Waals surface area contributed by atoms with Crippen molar-refractivity contribution in [3.05, 3.63) is 45.4 Å². The third kappa shape index (κ3) is 4.67. The van der Waals surface area contributed by atoms with Gasteiger partial charge in [-0.25, -0.2) is 27.3 Å². The summed E-state index contributed by atoms with van der Waals surface area (Å²) in [6.45, 7) is 2.89. The van der Waals surface area contributed by atoms with Crippen LogP contribution in [0.5, 0.6) is 0 Å². The van der Waals surface area contributed by atoms with Gasteiger partial charge in [-0.05, 0) is 32.0 Å². The number of piperidine rings is 1. The highest BCUT2D eigenvalue weighted by Crippen LogP contribution is 2.31. The van der Waals surface area contributed by atoms with Gasteiger partial charge >= 0.3 is 5.97 Å². The fourth-order valence-corrected chi connectivity index (χ4v) is 4.22. The number of rotatable bonds is 4. The standard InChI is InChI=1S/C18H17F4N3O2S2/c1-2-27-17(26)12-8-29-16(23-12)9-3-5-25(6-4-9)18(28)24-15-13(21)10(19)7-11(20)14(15)22/h7-9H,2-6H2,1H3,(H,24,28). The molecule has 0 atom stereocenters. The van der Waals surface area contributed by atoms with Crippen LogP contribution < -0.4 is 5.32 Å². The molecular formula is C18H17F4N3O2S2. The SMILES string of the molecule is CCOC(=O)c1csc(C2CCN(C(=S)Nc3c(F)c(F)cc(F)c3F)CC2)n1. The Hall–Kier alpha value is -2.27. The highest BCUT2D eigenvalue weighted by atomic mass is 32.1. The molecule has 0 saturated carbocycles. The molecule has 0 aliphatic carbocycles. The molecule has 1 aliphatic heterocycles. The summed E-state index contributed by atoms with van der Waals surface area (Å²) in [6.07, 6.45) is 1.28. The molecule has 1 N–H and O–H groups in total. The van der Waals surface area contributed by atoms with Crippen molar-refractivity contribution in [2.45, 2.75) is 25.7 Å². The maximum atomic E-state index is 13.8. The van der Waals surface area contributed by atoms with Crippen molar-refractivity contribution < 1.29 is 27.1 Å². The van der Waals surface area contributed by atoms with E-state index in [0.717, 1.165) is 5.01 Å². The van der Waals surface area contributed by atoms with E-state index in [9.17, 15) is 22.4 Å². The van der Waals surface area contributed by atoms with Gasteiger partial charge in [-0.2, -0.15) is 0 Å². The van der Waals surface area contributed by atoms with E-state index in [-0.39, 0.29) is 29.4 Å². The first-order chi connectivity index (χ1) is 13.8. The van der Waals surface area contributed by atoms with Crippen LogP contribution in [0, 0.1) is 23.3 Å². The molecule has 2 aromatic rings. The zero-order valence-corrected chi connectivity index (χ0v) is 16.9. The number of hydrogen-bond acceptors (Lipinski definition) is 5. The van der Waals surface area contributed by atoms with E-state index in [1.807, 2.05) is 0 Å². The summed E-state index contributed by atoms with van der Waals surface area (Å²) in [5, 5.41) is 4.69. The maximum absolute atomic E-state index is 13.8. The number of esters is 1. The van der Waals surface area contributed by atoms with Crippen LogP contribution in [-0.4, -0.2) is 40.7 Å². The molecule has 2 heterocycles. The van der Waals surface area contributed by atoms with Gasteiger partial charge < -0.3 is 15.0 Å². The number of benzene rings is 1. The molecule has 0 amide bonds. The molecule has 3 rings (SSSR count). The fraction of sp³-hybridized carbons (Fsp3) is 0.389. The lowest BCUT2D eigenvalue weighted by atomic mass is 9.98. The van der Waals surface area contributed by atoms with E-state index < -0.39 is 34.9 Å². The number of carbonyl (C=O) groups excluding carboxylic acids is 1. The molecule has 1 aromatic carbocycles. The normalized spacial score (nSPS) is 14.7. The van der Waals surface area contributed by atoms with Crippen LogP contribution >= 0.6 is 23.6 Å². The number of halogens is 4. The largest absolute Gasteiger partial charge is 0.461 e. The van der Waals surface area contributed by atoms with Crippen LogP contribution in [0.15, 0.2) is 11.4 Å². The molecular weight excluding hydrogens is 430 g/mol. The molecule has 0 bridgehead atoms. The van der Waals surface area contributed by atoms with Crippen molar-refractivity contribution in [3.63, 3.8) is 0 Å². The smallest absolute Gasteiger partial charge is 0.357 e. The number of anilines is 1. The Balaban J connectivity index is 1.61. The highest BCUT2D eigenvalue weighted by molar-refractivity contribution is 7.80. The highest BCUT2D eigenvalue weighted by Gasteiger charge is 2.27. The lowest BCUT2D eigenvalue weighted by Gasteiger charge is -2.33. The number of ether oxygens (including phenoxy) is 1. The Morgan fingerprint density at radius 1 is 1.28 bits per heavy atom. The third-order valence-corrected chi connectivity index (χ3v) is 5.85. The molecule has 0 unspecified atom stereocenters. The Labute approximate surface area is 173 Å². The van der Waals surface area contributed by atoms with Crippen LogP contribution in [0.25, 0.3) is 0 Å². The minimum absolute atomic E-state index is 0.0300. The molecule has 0 spiro atoms. The quantitative estimate of drug-likeness (QED) is 0.324. The second kappa shape index (κ2) is 9.04. The van der Waals surface area contributed by atoms with Gasteiger partial charge in [0.25, 0.3) is 0 Å². The maximum Gasteiger partial charge on any atom is 0.357 e. The number of carbonyl (C=O) groups is 1. The number of thiocarbonyl (C=S) groups is 1. The van der Waals surface area contributed by atoms with E-state index in [2.05, 4.69) is 10.3 Å². The molecule has 0 radical (unpaired) electrons.